The highest BCUT2D eigenvalue weighted by molar-refractivity contribution is 6.29. The Morgan fingerprint density at radius 2 is 1.94 bits per heavy atom. The Labute approximate surface area is 104 Å². The SMILES string of the molecule is NC(Cc1ccc(NC(=O)CCl)cc1)C(=O)O. The lowest BCUT2D eigenvalue weighted by atomic mass is 10.1. The van der Waals surface area contributed by atoms with E-state index in [-0.39, 0.29) is 18.2 Å². The number of carbonyl (C=O) groups is 2. The zero-order valence-electron chi connectivity index (χ0n) is 9.02. The predicted molar refractivity (Wildman–Crippen MR) is 65.1 cm³/mol. The molecule has 0 spiro atoms. The van der Waals surface area contributed by atoms with Crippen LogP contribution in [-0.4, -0.2) is 28.9 Å². The minimum Gasteiger partial charge on any atom is -0.480 e. The minimum absolute atomic E-state index is 0.106. The second kappa shape index (κ2) is 6.22. The molecule has 6 heteroatoms. The van der Waals surface area contributed by atoms with Crippen LogP contribution < -0.4 is 11.1 Å². The van der Waals surface area contributed by atoms with Crippen molar-refractivity contribution < 1.29 is 14.7 Å². The van der Waals surface area contributed by atoms with Gasteiger partial charge in [0.05, 0.1) is 0 Å². The minimum atomic E-state index is -1.04. The first kappa shape index (κ1) is 13.5. The number of carbonyl (C=O) groups excluding carboxylic acids is 1. The number of alkyl halides is 1. The molecular weight excluding hydrogens is 244 g/mol. The number of rotatable bonds is 5. The summed E-state index contributed by atoms with van der Waals surface area (Å²) in [5, 5.41) is 11.2. The molecule has 0 heterocycles. The zero-order valence-corrected chi connectivity index (χ0v) is 9.78. The van der Waals surface area contributed by atoms with Crippen molar-refractivity contribution >= 4 is 29.2 Å². The summed E-state index contributed by atoms with van der Waals surface area (Å²) in [6, 6.07) is 5.86. The largest absolute Gasteiger partial charge is 0.480 e. The molecule has 0 aromatic heterocycles. The summed E-state index contributed by atoms with van der Waals surface area (Å²) in [5.74, 6) is -1.43. The third-order valence-electron chi connectivity index (χ3n) is 2.13. The lowest BCUT2D eigenvalue weighted by molar-refractivity contribution is -0.138. The third-order valence-corrected chi connectivity index (χ3v) is 2.37. The molecule has 0 radical (unpaired) electrons. The number of hydrogen-bond donors (Lipinski definition) is 3. The maximum absolute atomic E-state index is 11.0. The van der Waals surface area contributed by atoms with Gasteiger partial charge in [-0.15, -0.1) is 11.6 Å². The van der Waals surface area contributed by atoms with Crippen LogP contribution in [0.1, 0.15) is 5.56 Å². The Hall–Kier alpha value is -1.59. The molecule has 92 valence electrons. The Balaban J connectivity index is 2.62. The van der Waals surface area contributed by atoms with Crippen LogP contribution in [0.25, 0.3) is 0 Å². The second-order valence-corrected chi connectivity index (χ2v) is 3.79. The molecular formula is C11H13ClN2O3. The molecule has 1 aromatic carbocycles. The van der Waals surface area contributed by atoms with Gasteiger partial charge in [-0.25, -0.2) is 0 Å². The van der Waals surface area contributed by atoms with E-state index in [9.17, 15) is 9.59 Å². The summed E-state index contributed by atoms with van der Waals surface area (Å²) in [7, 11) is 0. The molecule has 0 aliphatic rings. The van der Waals surface area contributed by atoms with Gasteiger partial charge in [-0.05, 0) is 24.1 Å². The van der Waals surface area contributed by atoms with Crippen molar-refractivity contribution in [1.82, 2.24) is 0 Å². The first-order valence-corrected chi connectivity index (χ1v) is 5.49. The van der Waals surface area contributed by atoms with E-state index in [0.717, 1.165) is 5.56 Å². The van der Waals surface area contributed by atoms with E-state index in [1.807, 2.05) is 0 Å². The number of nitrogens with one attached hydrogen (secondary N) is 1. The van der Waals surface area contributed by atoms with Crippen LogP contribution in [0, 0.1) is 0 Å². The highest BCUT2D eigenvalue weighted by Gasteiger charge is 2.11. The number of hydrogen-bond acceptors (Lipinski definition) is 3. The molecule has 0 saturated heterocycles. The number of halogens is 1. The van der Waals surface area contributed by atoms with Crippen LogP contribution in [0.2, 0.25) is 0 Å². The molecule has 1 unspecified atom stereocenters. The van der Waals surface area contributed by atoms with Gasteiger partial charge in [0.2, 0.25) is 5.91 Å². The van der Waals surface area contributed by atoms with E-state index in [1.165, 1.54) is 0 Å². The fourth-order valence-electron chi connectivity index (χ4n) is 1.26. The molecule has 1 rings (SSSR count). The van der Waals surface area contributed by atoms with Gasteiger partial charge in [0.1, 0.15) is 11.9 Å². The van der Waals surface area contributed by atoms with Crippen molar-refractivity contribution in [2.24, 2.45) is 5.73 Å². The van der Waals surface area contributed by atoms with E-state index < -0.39 is 12.0 Å². The highest BCUT2D eigenvalue weighted by Crippen LogP contribution is 2.11. The molecule has 0 fully saturated rings. The van der Waals surface area contributed by atoms with Gasteiger partial charge in [0, 0.05) is 5.69 Å². The summed E-state index contributed by atoms with van der Waals surface area (Å²) < 4.78 is 0. The maximum atomic E-state index is 11.0. The molecule has 0 aliphatic heterocycles. The smallest absolute Gasteiger partial charge is 0.320 e. The zero-order chi connectivity index (χ0) is 12.8. The first-order valence-electron chi connectivity index (χ1n) is 4.96. The summed E-state index contributed by atoms with van der Waals surface area (Å²) in [6.07, 6.45) is 0.249. The average Bonchev–Trinajstić information content (AvgIpc) is 2.31. The van der Waals surface area contributed by atoms with Crippen LogP contribution in [0.4, 0.5) is 5.69 Å². The van der Waals surface area contributed by atoms with Crippen LogP contribution >= 0.6 is 11.6 Å². The summed E-state index contributed by atoms with van der Waals surface area (Å²) in [5.41, 5.74) is 6.81. The summed E-state index contributed by atoms with van der Waals surface area (Å²) >= 11 is 5.34. The number of aliphatic carboxylic acids is 1. The topological polar surface area (TPSA) is 92.4 Å². The number of amides is 1. The van der Waals surface area contributed by atoms with E-state index >= 15 is 0 Å². The van der Waals surface area contributed by atoms with Crippen molar-refractivity contribution in [2.75, 3.05) is 11.2 Å². The molecule has 0 aliphatic carbocycles. The van der Waals surface area contributed by atoms with E-state index in [4.69, 9.17) is 22.4 Å². The molecule has 5 nitrogen and oxygen atoms in total. The van der Waals surface area contributed by atoms with Crippen LogP contribution in [0.5, 0.6) is 0 Å². The van der Waals surface area contributed by atoms with Gasteiger partial charge < -0.3 is 16.2 Å². The maximum Gasteiger partial charge on any atom is 0.320 e. The molecule has 0 saturated carbocycles. The molecule has 4 N–H and O–H groups in total. The number of carboxylic acids is 1. The van der Waals surface area contributed by atoms with Crippen molar-refractivity contribution in [3.63, 3.8) is 0 Å². The highest BCUT2D eigenvalue weighted by atomic mass is 35.5. The van der Waals surface area contributed by atoms with Crippen LogP contribution in [0.3, 0.4) is 0 Å². The Bertz CT molecular complexity index is 406. The van der Waals surface area contributed by atoms with Crippen molar-refractivity contribution in [3.8, 4) is 0 Å². The molecule has 1 amide bonds. The average molecular weight is 257 g/mol. The summed E-state index contributed by atoms with van der Waals surface area (Å²) in [4.78, 5) is 21.6. The van der Waals surface area contributed by atoms with Crippen molar-refractivity contribution in [2.45, 2.75) is 12.5 Å². The van der Waals surface area contributed by atoms with Crippen LogP contribution in [0.15, 0.2) is 24.3 Å². The van der Waals surface area contributed by atoms with Gasteiger partial charge in [-0.2, -0.15) is 0 Å². The molecule has 17 heavy (non-hydrogen) atoms. The standard InChI is InChI=1S/C11H13ClN2O3/c12-6-10(15)14-8-3-1-7(2-4-8)5-9(13)11(16)17/h1-4,9H,5-6,13H2,(H,14,15)(H,16,17). The third kappa shape index (κ3) is 4.42. The molecule has 1 atom stereocenters. The van der Waals surface area contributed by atoms with Gasteiger partial charge in [0.15, 0.2) is 0 Å². The van der Waals surface area contributed by atoms with Gasteiger partial charge >= 0.3 is 5.97 Å². The first-order chi connectivity index (χ1) is 8.02. The normalized spacial score (nSPS) is 11.9. The summed E-state index contributed by atoms with van der Waals surface area (Å²) in [6.45, 7) is 0. The Morgan fingerprint density at radius 1 is 1.35 bits per heavy atom. The number of carboxylic acid groups (broad SMARTS) is 1. The van der Waals surface area contributed by atoms with E-state index in [0.29, 0.717) is 5.69 Å². The number of nitrogens with two attached hydrogens (primary N) is 1. The second-order valence-electron chi connectivity index (χ2n) is 3.53. The number of anilines is 1. The van der Waals surface area contributed by atoms with E-state index in [1.54, 1.807) is 24.3 Å². The van der Waals surface area contributed by atoms with Crippen LogP contribution in [-0.2, 0) is 16.0 Å². The van der Waals surface area contributed by atoms with Gasteiger partial charge in [-0.1, -0.05) is 12.1 Å². The van der Waals surface area contributed by atoms with Crippen molar-refractivity contribution in [3.05, 3.63) is 29.8 Å². The van der Waals surface area contributed by atoms with Gasteiger partial charge in [-0.3, -0.25) is 9.59 Å². The number of benzene rings is 1. The lowest BCUT2D eigenvalue weighted by Crippen LogP contribution is -2.32. The van der Waals surface area contributed by atoms with Crippen molar-refractivity contribution in [1.29, 1.82) is 0 Å². The van der Waals surface area contributed by atoms with Gasteiger partial charge in [0.25, 0.3) is 0 Å². The van der Waals surface area contributed by atoms with E-state index in [2.05, 4.69) is 5.32 Å². The fourth-order valence-corrected chi connectivity index (χ4v) is 1.33. The molecule has 0 bridgehead atoms. The lowest BCUT2D eigenvalue weighted by Gasteiger charge is -2.07. The quantitative estimate of drug-likeness (QED) is 0.680. The Morgan fingerprint density at radius 3 is 2.41 bits per heavy atom. The molecule has 1 aromatic rings. The monoisotopic (exact) mass is 256 g/mol. The predicted octanol–water partition coefficient (Wildman–Crippen LogP) is 0.818. The Kier molecular flexibility index (Phi) is 4.93. The fraction of sp³-hybridized carbons (Fsp3) is 0.273.